The molecule has 1 N–H and O–H groups in total. The van der Waals surface area contributed by atoms with Crippen LogP contribution in [-0.2, 0) is 6.54 Å². The second-order valence-electron chi connectivity index (χ2n) is 5.53. The van der Waals surface area contributed by atoms with Crippen LogP contribution in [0.15, 0.2) is 42.7 Å². The molecule has 5 nitrogen and oxygen atoms in total. The predicted molar refractivity (Wildman–Crippen MR) is 92.5 cm³/mol. The van der Waals surface area contributed by atoms with Crippen molar-refractivity contribution in [1.29, 1.82) is 5.26 Å². The fourth-order valence-corrected chi connectivity index (χ4v) is 2.79. The van der Waals surface area contributed by atoms with E-state index in [9.17, 15) is 0 Å². The van der Waals surface area contributed by atoms with Crippen LogP contribution in [0.25, 0.3) is 0 Å². The summed E-state index contributed by atoms with van der Waals surface area (Å²) in [6.07, 6.45) is 5.86. The molecule has 1 atom stereocenters. The van der Waals surface area contributed by atoms with Crippen molar-refractivity contribution in [2.75, 3.05) is 18.0 Å². The highest BCUT2D eigenvalue weighted by Crippen LogP contribution is 2.15. The molecular weight excluding hydrogens is 310 g/mol. The molecule has 0 amide bonds. The molecule has 2 heterocycles. The lowest BCUT2D eigenvalue weighted by Gasteiger charge is -2.33. The number of rotatable bonds is 4. The van der Waals surface area contributed by atoms with Crippen LogP contribution in [0.5, 0.6) is 0 Å². The lowest BCUT2D eigenvalue weighted by molar-refractivity contribution is 0.418. The number of anilines is 1. The third-order valence-corrected chi connectivity index (χ3v) is 3.91. The molecule has 120 valence electrons. The SMILES string of the molecule is Cl.N#Cc1cccc(CNC2CCCN(c3ncccn3)C2)c1. The zero-order chi connectivity index (χ0) is 15.2. The average Bonchev–Trinajstić information content (AvgIpc) is 2.61. The van der Waals surface area contributed by atoms with Gasteiger partial charge in [-0.25, -0.2) is 9.97 Å². The van der Waals surface area contributed by atoms with Crippen LogP contribution in [0.1, 0.15) is 24.0 Å². The van der Waals surface area contributed by atoms with Gasteiger partial charge in [-0.15, -0.1) is 12.4 Å². The third kappa shape index (κ3) is 4.65. The summed E-state index contributed by atoms with van der Waals surface area (Å²) in [5.41, 5.74) is 1.86. The number of nitrogens with zero attached hydrogens (tertiary/aromatic N) is 4. The lowest BCUT2D eigenvalue weighted by Crippen LogP contribution is -2.46. The molecule has 6 heteroatoms. The summed E-state index contributed by atoms with van der Waals surface area (Å²) >= 11 is 0. The molecule has 1 unspecified atom stereocenters. The highest BCUT2D eigenvalue weighted by molar-refractivity contribution is 5.85. The van der Waals surface area contributed by atoms with E-state index < -0.39 is 0 Å². The fraction of sp³-hybridized carbons (Fsp3) is 0.353. The number of nitrogens with one attached hydrogen (secondary N) is 1. The molecular formula is C17H20ClN5. The van der Waals surface area contributed by atoms with Crippen LogP contribution >= 0.6 is 12.4 Å². The van der Waals surface area contributed by atoms with E-state index in [4.69, 9.17) is 5.26 Å². The molecule has 23 heavy (non-hydrogen) atoms. The van der Waals surface area contributed by atoms with Gasteiger partial charge in [-0.05, 0) is 36.6 Å². The van der Waals surface area contributed by atoms with Crippen LogP contribution in [0.4, 0.5) is 5.95 Å². The normalized spacial score (nSPS) is 17.2. The molecule has 1 aliphatic rings. The first-order valence-corrected chi connectivity index (χ1v) is 7.59. The zero-order valence-electron chi connectivity index (χ0n) is 12.9. The maximum Gasteiger partial charge on any atom is 0.225 e. The number of hydrogen-bond acceptors (Lipinski definition) is 5. The molecule has 1 aromatic carbocycles. The van der Waals surface area contributed by atoms with Gasteiger partial charge >= 0.3 is 0 Å². The van der Waals surface area contributed by atoms with Crippen LogP contribution in [0.3, 0.4) is 0 Å². The quantitative estimate of drug-likeness (QED) is 0.933. The van der Waals surface area contributed by atoms with Crippen molar-refractivity contribution in [1.82, 2.24) is 15.3 Å². The van der Waals surface area contributed by atoms with Crippen LogP contribution < -0.4 is 10.2 Å². The molecule has 2 aromatic rings. The van der Waals surface area contributed by atoms with Crippen molar-refractivity contribution in [2.24, 2.45) is 0 Å². The molecule has 1 aliphatic heterocycles. The van der Waals surface area contributed by atoms with Gasteiger partial charge in [0.1, 0.15) is 0 Å². The van der Waals surface area contributed by atoms with Gasteiger partial charge in [0.05, 0.1) is 11.6 Å². The van der Waals surface area contributed by atoms with Crippen molar-refractivity contribution < 1.29 is 0 Å². The van der Waals surface area contributed by atoms with Crippen LogP contribution in [0.2, 0.25) is 0 Å². The first-order valence-electron chi connectivity index (χ1n) is 7.59. The average molecular weight is 330 g/mol. The number of halogens is 1. The van der Waals surface area contributed by atoms with Crippen molar-refractivity contribution in [3.8, 4) is 6.07 Å². The number of hydrogen-bond donors (Lipinski definition) is 1. The smallest absolute Gasteiger partial charge is 0.225 e. The van der Waals surface area contributed by atoms with E-state index in [-0.39, 0.29) is 12.4 Å². The Morgan fingerprint density at radius 2 is 2.09 bits per heavy atom. The standard InChI is InChI=1S/C17H19N5.ClH/c18-11-14-4-1-5-15(10-14)12-21-16-6-2-9-22(13-16)17-19-7-3-8-20-17;/h1,3-5,7-8,10,16,21H,2,6,9,12-13H2;1H. The van der Waals surface area contributed by atoms with Crippen molar-refractivity contribution in [3.05, 3.63) is 53.9 Å². The van der Waals surface area contributed by atoms with Gasteiger partial charge < -0.3 is 10.2 Å². The van der Waals surface area contributed by atoms with E-state index in [0.29, 0.717) is 11.6 Å². The van der Waals surface area contributed by atoms with Crippen LogP contribution in [-0.4, -0.2) is 29.1 Å². The van der Waals surface area contributed by atoms with E-state index >= 15 is 0 Å². The van der Waals surface area contributed by atoms with E-state index in [1.807, 2.05) is 24.3 Å². The van der Waals surface area contributed by atoms with Gasteiger partial charge in [-0.2, -0.15) is 5.26 Å². The van der Waals surface area contributed by atoms with Gasteiger partial charge in [-0.1, -0.05) is 12.1 Å². The summed E-state index contributed by atoms with van der Waals surface area (Å²) in [7, 11) is 0. The first-order chi connectivity index (χ1) is 10.8. The van der Waals surface area contributed by atoms with Gasteiger partial charge in [0, 0.05) is 38.1 Å². The van der Waals surface area contributed by atoms with E-state index in [2.05, 4.69) is 32.3 Å². The summed E-state index contributed by atoms with van der Waals surface area (Å²) in [5.74, 6) is 0.806. The Kier molecular flexibility index (Phi) is 6.33. The van der Waals surface area contributed by atoms with Gasteiger partial charge in [0.15, 0.2) is 0 Å². The van der Waals surface area contributed by atoms with E-state index in [1.165, 1.54) is 0 Å². The number of aromatic nitrogens is 2. The molecule has 1 fully saturated rings. The summed E-state index contributed by atoms with van der Waals surface area (Å²) in [6.45, 7) is 2.71. The molecule has 1 aromatic heterocycles. The van der Waals surface area contributed by atoms with E-state index in [0.717, 1.165) is 44.0 Å². The number of benzene rings is 1. The highest BCUT2D eigenvalue weighted by atomic mass is 35.5. The Hall–Kier alpha value is -2.16. The molecule has 1 saturated heterocycles. The lowest BCUT2D eigenvalue weighted by atomic mass is 10.1. The molecule has 0 aliphatic carbocycles. The van der Waals surface area contributed by atoms with Gasteiger partial charge in [0.25, 0.3) is 0 Å². The number of piperidine rings is 1. The Morgan fingerprint density at radius 1 is 1.26 bits per heavy atom. The molecule has 0 radical (unpaired) electrons. The summed E-state index contributed by atoms with van der Waals surface area (Å²) in [4.78, 5) is 10.9. The van der Waals surface area contributed by atoms with Gasteiger partial charge in [-0.3, -0.25) is 0 Å². The van der Waals surface area contributed by atoms with Crippen molar-refractivity contribution in [3.63, 3.8) is 0 Å². The third-order valence-electron chi connectivity index (χ3n) is 3.91. The maximum atomic E-state index is 8.95. The number of nitriles is 1. The van der Waals surface area contributed by atoms with Crippen LogP contribution in [0, 0.1) is 11.3 Å². The van der Waals surface area contributed by atoms with E-state index in [1.54, 1.807) is 12.4 Å². The van der Waals surface area contributed by atoms with Gasteiger partial charge in [0.2, 0.25) is 5.95 Å². The fourth-order valence-electron chi connectivity index (χ4n) is 2.79. The first kappa shape index (κ1) is 17.2. The zero-order valence-corrected chi connectivity index (χ0v) is 13.7. The highest BCUT2D eigenvalue weighted by Gasteiger charge is 2.21. The minimum absolute atomic E-state index is 0. The summed E-state index contributed by atoms with van der Waals surface area (Å²) in [5, 5.41) is 12.5. The molecule has 0 bridgehead atoms. The topological polar surface area (TPSA) is 64.8 Å². The maximum absolute atomic E-state index is 8.95. The monoisotopic (exact) mass is 329 g/mol. The second-order valence-corrected chi connectivity index (χ2v) is 5.53. The second kappa shape index (κ2) is 8.47. The Balaban J connectivity index is 0.00000192. The summed E-state index contributed by atoms with van der Waals surface area (Å²) < 4.78 is 0. The Labute approximate surface area is 142 Å². The summed E-state index contributed by atoms with van der Waals surface area (Å²) in [6, 6.07) is 12.2. The largest absolute Gasteiger partial charge is 0.339 e. The minimum atomic E-state index is 0. The van der Waals surface area contributed by atoms with Crippen molar-refractivity contribution in [2.45, 2.75) is 25.4 Å². The van der Waals surface area contributed by atoms with Crippen molar-refractivity contribution >= 4 is 18.4 Å². The Morgan fingerprint density at radius 3 is 2.87 bits per heavy atom. The molecule has 0 saturated carbocycles. The predicted octanol–water partition coefficient (Wildman–Crippen LogP) is 2.53. The molecule has 3 rings (SSSR count). The Bertz CT molecular complexity index is 656. The minimum Gasteiger partial charge on any atom is -0.339 e. The molecule has 0 spiro atoms.